The van der Waals surface area contributed by atoms with Crippen LogP contribution in [0.3, 0.4) is 0 Å². The van der Waals surface area contributed by atoms with Gasteiger partial charge >= 0.3 is 0 Å². The lowest BCUT2D eigenvalue weighted by Gasteiger charge is -2.34. The van der Waals surface area contributed by atoms with E-state index in [0.717, 1.165) is 51.9 Å². The van der Waals surface area contributed by atoms with Crippen molar-refractivity contribution in [1.29, 1.82) is 0 Å². The maximum Gasteiger partial charge on any atom is 0.223 e. The summed E-state index contributed by atoms with van der Waals surface area (Å²) in [5.74, 6) is 0.225. The van der Waals surface area contributed by atoms with E-state index >= 15 is 0 Å². The van der Waals surface area contributed by atoms with E-state index in [1.54, 1.807) is 11.3 Å². The number of aromatic nitrogens is 1. The third kappa shape index (κ3) is 3.33. The van der Waals surface area contributed by atoms with Gasteiger partial charge in [0.25, 0.3) is 0 Å². The molecule has 0 unspecified atom stereocenters. The van der Waals surface area contributed by atoms with Crippen molar-refractivity contribution < 1.29 is 4.79 Å². The van der Waals surface area contributed by atoms with Crippen molar-refractivity contribution in [3.8, 4) is 0 Å². The van der Waals surface area contributed by atoms with Gasteiger partial charge in [-0.05, 0) is 18.2 Å². The largest absolute Gasteiger partial charge is 0.345 e. The lowest BCUT2D eigenvalue weighted by atomic mass is 10.3. The molecule has 0 spiro atoms. The van der Waals surface area contributed by atoms with Crippen LogP contribution in [0.2, 0.25) is 5.02 Å². The van der Waals surface area contributed by atoms with Crippen molar-refractivity contribution in [2.24, 2.45) is 0 Å². The molecule has 1 fully saturated rings. The van der Waals surface area contributed by atoms with Crippen molar-refractivity contribution in [3.05, 3.63) is 23.2 Å². The van der Waals surface area contributed by atoms with E-state index in [2.05, 4.69) is 25.8 Å². The zero-order chi connectivity index (χ0) is 14.8. The molecule has 0 N–H and O–H groups in total. The quantitative estimate of drug-likeness (QED) is 0.756. The van der Waals surface area contributed by atoms with Crippen LogP contribution in [-0.2, 0) is 4.79 Å². The number of thiazole rings is 1. The van der Waals surface area contributed by atoms with E-state index in [-0.39, 0.29) is 5.91 Å². The van der Waals surface area contributed by atoms with E-state index in [4.69, 9.17) is 11.6 Å². The van der Waals surface area contributed by atoms with E-state index in [1.807, 2.05) is 23.1 Å². The summed E-state index contributed by atoms with van der Waals surface area (Å²) in [4.78, 5) is 20.7. The number of benzene rings is 1. The van der Waals surface area contributed by atoms with Gasteiger partial charge in [0.05, 0.1) is 10.2 Å². The Balaban J connectivity index is 1.69. The molecule has 0 bridgehead atoms. The Bertz CT molecular complexity index is 655. The predicted molar refractivity (Wildman–Crippen MR) is 91.8 cm³/mol. The van der Waals surface area contributed by atoms with Crippen LogP contribution in [0.5, 0.6) is 0 Å². The van der Waals surface area contributed by atoms with Crippen molar-refractivity contribution in [2.45, 2.75) is 6.42 Å². The molecule has 7 heteroatoms. The first-order chi connectivity index (χ1) is 10.2. The molecule has 0 aliphatic carbocycles. The van der Waals surface area contributed by atoms with E-state index in [9.17, 15) is 4.79 Å². The summed E-state index contributed by atoms with van der Waals surface area (Å²) < 4.78 is 1.11. The number of piperazine rings is 1. The molecule has 1 aromatic carbocycles. The topological polar surface area (TPSA) is 36.4 Å². The van der Waals surface area contributed by atoms with Crippen LogP contribution in [0.4, 0.5) is 5.13 Å². The Morgan fingerprint density at radius 2 is 2.10 bits per heavy atom. The minimum atomic E-state index is 0.225. The minimum Gasteiger partial charge on any atom is -0.345 e. The van der Waals surface area contributed by atoms with Gasteiger partial charge in [-0.3, -0.25) is 4.79 Å². The molecule has 1 aromatic heterocycles. The fourth-order valence-corrected chi connectivity index (χ4v) is 4.04. The first-order valence-electron chi connectivity index (χ1n) is 6.82. The molecule has 21 heavy (non-hydrogen) atoms. The van der Waals surface area contributed by atoms with Gasteiger partial charge < -0.3 is 9.80 Å². The van der Waals surface area contributed by atoms with Crippen molar-refractivity contribution in [1.82, 2.24) is 9.88 Å². The predicted octanol–water partition coefficient (Wildman–Crippen LogP) is 3.38. The van der Waals surface area contributed by atoms with Gasteiger partial charge in [-0.1, -0.05) is 38.9 Å². The maximum atomic E-state index is 11.9. The highest BCUT2D eigenvalue weighted by Crippen LogP contribution is 2.31. The Morgan fingerprint density at radius 1 is 1.33 bits per heavy atom. The van der Waals surface area contributed by atoms with Crippen LogP contribution in [0.15, 0.2) is 18.2 Å². The zero-order valence-electron chi connectivity index (χ0n) is 11.4. The third-order valence-electron chi connectivity index (χ3n) is 3.55. The standard InChI is InChI=1S/C14H15BrClN3OS/c15-4-3-13(20)18-5-7-19(8-6-18)14-17-11-2-1-10(16)9-12(11)21-14/h1-2,9H,3-8H2. The summed E-state index contributed by atoms with van der Waals surface area (Å²) in [7, 11) is 0. The summed E-state index contributed by atoms with van der Waals surface area (Å²) >= 11 is 11.0. The van der Waals surface area contributed by atoms with Crippen LogP contribution in [-0.4, -0.2) is 47.3 Å². The van der Waals surface area contributed by atoms with Crippen LogP contribution < -0.4 is 4.90 Å². The van der Waals surface area contributed by atoms with Gasteiger partial charge in [-0.15, -0.1) is 0 Å². The Labute approximate surface area is 140 Å². The molecule has 2 aromatic rings. The van der Waals surface area contributed by atoms with Gasteiger partial charge in [0.1, 0.15) is 0 Å². The molecule has 3 rings (SSSR count). The summed E-state index contributed by atoms with van der Waals surface area (Å²) in [5.41, 5.74) is 0.984. The molecule has 112 valence electrons. The number of carbonyl (C=O) groups is 1. The fraction of sp³-hybridized carbons (Fsp3) is 0.429. The molecule has 0 radical (unpaired) electrons. The first kappa shape index (κ1) is 15.1. The second-order valence-electron chi connectivity index (χ2n) is 4.92. The van der Waals surface area contributed by atoms with Crippen molar-refractivity contribution >= 4 is 60.1 Å². The summed E-state index contributed by atoms with van der Waals surface area (Å²) in [5, 5.41) is 2.48. The average Bonchev–Trinajstić information content (AvgIpc) is 2.90. The molecule has 0 atom stereocenters. The molecular weight excluding hydrogens is 374 g/mol. The molecule has 2 heterocycles. The molecule has 1 aliphatic rings. The number of anilines is 1. The van der Waals surface area contributed by atoms with Gasteiger partial charge in [0.2, 0.25) is 5.91 Å². The molecule has 4 nitrogen and oxygen atoms in total. The number of halogens is 2. The number of hydrogen-bond acceptors (Lipinski definition) is 4. The van der Waals surface area contributed by atoms with Gasteiger partial charge in [-0.25, -0.2) is 4.98 Å². The Morgan fingerprint density at radius 3 is 2.81 bits per heavy atom. The molecule has 0 saturated carbocycles. The Hall–Kier alpha value is -0.850. The van der Waals surface area contributed by atoms with Crippen LogP contribution in [0.25, 0.3) is 10.2 Å². The number of amides is 1. The summed E-state index contributed by atoms with van der Waals surface area (Å²) in [6, 6.07) is 5.77. The van der Waals surface area contributed by atoms with Gasteiger partial charge in [-0.2, -0.15) is 0 Å². The smallest absolute Gasteiger partial charge is 0.223 e. The number of rotatable bonds is 3. The number of nitrogens with zero attached hydrogens (tertiary/aromatic N) is 3. The van der Waals surface area contributed by atoms with Gasteiger partial charge in [0.15, 0.2) is 5.13 Å². The molecule has 1 saturated heterocycles. The highest BCUT2D eigenvalue weighted by atomic mass is 79.9. The highest BCUT2D eigenvalue weighted by molar-refractivity contribution is 9.09. The SMILES string of the molecule is O=C(CCBr)N1CCN(c2nc3ccc(Cl)cc3s2)CC1. The third-order valence-corrected chi connectivity index (χ3v) is 5.26. The number of carbonyl (C=O) groups excluding carboxylic acids is 1. The van der Waals surface area contributed by atoms with Crippen molar-refractivity contribution in [2.75, 3.05) is 36.4 Å². The van der Waals surface area contributed by atoms with E-state index in [0.29, 0.717) is 6.42 Å². The number of alkyl halides is 1. The normalized spacial score (nSPS) is 15.7. The second kappa shape index (κ2) is 6.50. The zero-order valence-corrected chi connectivity index (χ0v) is 14.5. The minimum absolute atomic E-state index is 0.225. The van der Waals surface area contributed by atoms with Crippen LogP contribution in [0, 0.1) is 0 Å². The second-order valence-corrected chi connectivity index (χ2v) is 7.15. The summed E-state index contributed by atoms with van der Waals surface area (Å²) in [6.45, 7) is 3.20. The number of fused-ring (bicyclic) bond motifs is 1. The van der Waals surface area contributed by atoms with E-state index < -0.39 is 0 Å². The summed E-state index contributed by atoms with van der Waals surface area (Å²) in [6.07, 6.45) is 0.569. The lowest BCUT2D eigenvalue weighted by Crippen LogP contribution is -2.48. The molecule has 1 aliphatic heterocycles. The van der Waals surface area contributed by atoms with Crippen LogP contribution in [0.1, 0.15) is 6.42 Å². The van der Waals surface area contributed by atoms with E-state index in [1.165, 1.54) is 0 Å². The lowest BCUT2D eigenvalue weighted by molar-refractivity contribution is -0.131. The molecule has 1 amide bonds. The van der Waals surface area contributed by atoms with Crippen LogP contribution >= 0.6 is 38.9 Å². The average molecular weight is 389 g/mol. The first-order valence-corrected chi connectivity index (χ1v) is 9.14. The maximum absolute atomic E-state index is 11.9. The molecular formula is C14H15BrClN3OS. The van der Waals surface area contributed by atoms with Gasteiger partial charge in [0, 0.05) is 43.0 Å². The fourth-order valence-electron chi connectivity index (χ4n) is 2.41. The highest BCUT2D eigenvalue weighted by Gasteiger charge is 2.22. The monoisotopic (exact) mass is 387 g/mol. The Kier molecular flexibility index (Phi) is 4.66. The van der Waals surface area contributed by atoms with Crippen molar-refractivity contribution in [3.63, 3.8) is 0 Å². The number of hydrogen-bond donors (Lipinski definition) is 0.